The van der Waals surface area contributed by atoms with Crippen molar-refractivity contribution in [1.29, 1.82) is 0 Å². The summed E-state index contributed by atoms with van der Waals surface area (Å²) >= 11 is 0. The molecule has 5 rings (SSSR count). The molecule has 0 N–H and O–H groups in total. The summed E-state index contributed by atoms with van der Waals surface area (Å²) < 4.78 is 5.47. The van der Waals surface area contributed by atoms with Gasteiger partial charge in [0.15, 0.2) is 6.61 Å². The number of likely N-dealkylation sites (tertiary alicyclic amines) is 1. The van der Waals surface area contributed by atoms with E-state index in [1.54, 1.807) is 4.90 Å². The van der Waals surface area contributed by atoms with E-state index in [9.17, 15) is 9.59 Å². The predicted octanol–water partition coefficient (Wildman–Crippen LogP) is 3.00. The summed E-state index contributed by atoms with van der Waals surface area (Å²) in [5.41, 5.74) is 3.39. The van der Waals surface area contributed by atoms with Gasteiger partial charge in [0.2, 0.25) is 5.91 Å². The third-order valence-corrected chi connectivity index (χ3v) is 6.19. The number of piperidine rings is 1. The standard InChI is InChI=1S/C23H22N2O3/c26-21(15-25-19-7-3-4-8-20(19)28-16-22(25)27)24-13-11-23(12-14-24)10-9-17-5-1-2-6-18(17)23/h1-10H,11-16H2. The summed E-state index contributed by atoms with van der Waals surface area (Å²) in [6.45, 7) is 1.46. The first kappa shape index (κ1) is 17.0. The number of anilines is 1. The second kappa shape index (κ2) is 6.51. The van der Waals surface area contributed by atoms with Crippen LogP contribution in [0.25, 0.3) is 6.08 Å². The van der Waals surface area contributed by atoms with Crippen LogP contribution in [0.4, 0.5) is 5.69 Å². The molecule has 3 aliphatic rings. The molecule has 2 aromatic carbocycles. The van der Waals surface area contributed by atoms with E-state index in [0.29, 0.717) is 24.5 Å². The molecule has 2 aliphatic heterocycles. The number of nitrogens with zero attached hydrogens (tertiary/aromatic N) is 2. The molecule has 142 valence electrons. The molecule has 0 atom stereocenters. The van der Waals surface area contributed by atoms with Gasteiger partial charge in [0.25, 0.3) is 5.91 Å². The van der Waals surface area contributed by atoms with Crippen LogP contribution in [0.3, 0.4) is 0 Å². The van der Waals surface area contributed by atoms with Crippen LogP contribution in [0.5, 0.6) is 5.75 Å². The Labute approximate surface area is 164 Å². The summed E-state index contributed by atoms with van der Waals surface area (Å²) in [5, 5.41) is 0. The first-order valence-corrected chi connectivity index (χ1v) is 9.75. The van der Waals surface area contributed by atoms with Crippen LogP contribution in [-0.2, 0) is 15.0 Å². The lowest BCUT2D eigenvalue weighted by Crippen LogP contribution is -2.50. The normalized spacial score (nSPS) is 19.4. The van der Waals surface area contributed by atoms with Crippen molar-refractivity contribution in [3.05, 3.63) is 65.7 Å². The highest BCUT2D eigenvalue weighted by molar-refractivity contribution is 6.02. The number of hydrogen-bond donors (Lipinski definition) is 0. The van der Waals surface area contributed by atoms with Crippen molar-refractivity contribution in [3.63, 3.8) is 0 Å². The predicted molar refractivity (Wildman–Crippen MR) is 107 cm³/mol. The van der Waals surface area contributed by atoms with E-state index in [-0.39, 0.29) is 30.4 Å². The van der Waals surface area contributed by atoms with Crippen LogP contribution >= 0.6 is 0 Å². The number of hydrogen-bond acceptors (Lipinski definition) is 3. The SMILES string of the molecule is O=C(CN1C(=O)COc2ccccc21)N1CCC2(C=Cc3ccccc32)CC1. The quantitative estimate of drug-likeness (QED) is 0.812. The monoisotopic (exact) mass is 374 g/mol. The van der Waals surface area contributed by atoms with Gasteiger partial charge in [-0.15, -0.1) is 0 Å². The van der Waals surface area contributed by atoms with Crippen molar-refractivity contribution in [3.8, 4) is 5.75 Å². The maximum absolute atomic E-state index is 12.9. The smallest absolute Gasteiger partial charge is 0.265 e. The van der Waals surface area contributed by atoms with Gasteiger partial charge in [-0.25, -0.2) is 0 Å². The third kappa shape index (κ3) is 2.70. The maximum atomic E-state index is 12.9. The molecule has 0 aromatic heterocycles. The van der Waals surface area contributed by atoms with Crippen LogP contribution in [-0.4, -0.2) is 43.0 Å². The minimum Gasteiger partial charge on any atom is -0.482 e. The van der Waals surface area contributed by atoms with Gasteiger partial charge in [0.05, 0.1) is 5.69 Å². The second-order valence-electron chi connectivity index (χ2n) is 7.69. The zero-order chi connectivity index (χ0) is 19.1. The van der Waals surface area contributed by atoms with E-state index < -0.39 is 0 Å². The van der Waals surface area contributed by atoms with Gasteiger partial charge in [-0.1, -0.05) is 48.6 Å². The molecule has 28 heavy (non-hydrogen) atoms. The molecular weight excluding hydrogens is 352 g/mol. The van der Waals surface area contributed by atoms with Crippen molar-refractivity contribution >= 4 is 23.6 Å². The minimum absolute atomic E-state index is 0.00448. The summed E-state index contributed by atoms with van der Waals surface area (Å²) in [6, 6.07) is 15.9. The second-order valence-corrected chi connectivity index (χ2v) is 7.69. The molecule has 2 aromatic rings. The zero-order valence-electron chi connectivity index (χ0n) is 15.6. The van der Waals surface area contributed by atoms with Crippen LogP contribution in [0, 0.1) is 0 Å². The number of para-hydroxylation sites is 2. The highest BCUT2D eigenvalue weighted by Crippen LogP contribution is 2.43. The number of ether oxygens (including phenoxy) is 1. The molecule has 0 radical (unpaired) electrons. The first-order valence-electron chi connectivity index (χ1n) is 9.75. The molecule has 0 unspecified atom stereocenters. The zero-order valence-corrected chi connectivity index (χ0v) is 15.6. The van der Waals surface area contributed by atoms with Crippen LogP contribution in [0.2, 0.25) is 0 Å². The highest BCUT2D eigenvalue weighted by Gasteiger charge is 2.39. The van der Waals surface area contributed by atoms with Crippen molar-refractivity contribution in [1.82, 2.24) is 4.90 Å². The first-order chi connectivity index (χ1) is 13.7. The van der Waals surface area contributed by atoms with Gasteiger partial charge in [0.1, 0.15) is 12.3 Å². The number of fused-ring (bicyclic) bond motifs is 3. The topological polar surface area (TPSA) is 49.9 Å². The van der Waals surface area contributed by atoms with Crippen LogP contribution < -0.4 is 9.64 Å². The van der Waals surface area contributed by atoms with Crippen molar-refractivity contribution in [2.24, 2.45) is 0 Å². The van der Waals surface area contributed by atoms with Crippen molar-refractivity contribution < 1.29 is 14.3 Å². The summed E-state index contributed by atoms with van der Waals surface area (Å²) in [6.07, 6.45) is 6.34. The van der Waals surface area contributed by atoms with Gasteiger partial charge in [-0.05, 0) is 36.1 Å². The minimum atomic E-state index is -0.173. The van der Waals surface area contributed by atoms with Gasteiger partial charge < -0.3 is 9.64 Å². The van der Waals surface area contributed by atoms with Crippen LogP contribution in [0.1, 0.15) is 24.0 Å². The maximum Gasteiger partial charge on any atom is 0.265 e. The number of carbonyl (C=O) groups excluding carboxylic acids is 2. The number of rotatable bonds is 2. The van der Waals surface area contributed by atoms with Gasteiger partial charge in [0, 0.05) is 18.5 Å². The molecule has 0 bridgehead atoms. The Morgan fingerprint density at radius 1 is 1.04 bits per heavy atom. The Bertz CT molecular complexity index is 973. The fourth-order valence-electron chi connectivity index (χ4n) is 4.59. The van der Waals surface area contributed by atoms with E-state index in [1.165, 1.54) is 11.1 Å². The molecule has 5 heteroatoms. The Kier molecular flexibility index (Phi) is 3.97. The van der Waals surface area contributed by atoms with E-state index in [1.807, 2.05) is 29.2 Å². The van der Waals surface area contributed by atoms with Crippen molar-refractivity contribution in [2.45, 2.75) is 18.3 Å². The molecule has 1 spiro atoms. The fourth-order valence-corrected chi connectivity index (χ4v) is 4.59. The number of amides is 2. The Morgan fingerprint density at radius 3 is 2.64 bits per heavy atom. The summed E-state index contributed by atoms with van der Waals surface area (Å²) in [5.74, 6) is 0.476. The molecule has 2 heterocycles. The van der Waals surface area contributed by atoms with E-state index in [4.69, 9.17) is 4.74 Å². The Balaban J connectivity index is 1.29. The lowest BCUT2D eigenvalue weighted by molar-refractivity contribution is -0.133. The Morgan fingerprint density at radius 2 is 1.79 bits per heavy atom. The number of carbonyl (C=O) groups is 2. The largest absolute Gasteiger partial charge is 0.482 e. The average Bonchev–Trinajstić information content (AvgIpc) is 3.09. The molecule has 0 saturated carbocycles. The molecule has 1 aliphatic carbocycles. The molecular formula is C23H22N2O3. The Hall–Kier alpha value is -3.08. The fraction of sp³-hybridized carbons (Fsp3) is 0.304. The summed E-state index contributed by atoms with van der Waals surface area (Å²) in [4.78, 5) is 28.7. The van der Waals surface area contributed by atoms with Gasteiger partial charge in [-0.3, -0.25) is 14.5 Å². The van der Waals surface area contributed by atoms with E-state index >= 15 is 0 Å². The molecule has 1 saturated heterocycles. The van der Waals surface area contributed by atoms with Gasteiger partial charge in [-0.2, -0.15) is 0 Å². The number of benzene rings is 2. The number of allylic oxidation sites excluding steroid dienone is 1. The third-order valence-electron chi connectivity index (χ3n) is 6.19. The van der Waals surface area contributed by atoms with Gasteiger partial charge >= 0.3 is 0 Å². The lowest BCUT2D eigenvalue weighted by atomic mass is 9.74. The van der Waals surface area contributed by atoms with Crippen molar-refractivity contribution in [2.75, 3.05) is 31.1 Å². The van der Waals surface area contributed by atoms with E-state index in [0.717, 1.165) is 12.8 Å². The lowest BCUT2D eigenvalue weighted by Gasteiger charge is -2.40. The highest BCUT2D eigenvalue weighted by atomic mass is 16.5. The summed E-state index contributed by atoms with van der Waals surface area (Å²) in [7, 11) is 0. The van der Waals surface area contributed by atoms with Crippen LogP contribution in [0.15, 0.2) is 54.6 Å². The molecule has 1 fully saturated rings. The average molecular weight is 374 g/mol. The van der Waals surface area contributed by atoms with E-state index in [2.05, 4.69) is 36.4 Å². The molecule has 5 nitrogen and oxygen atoms in total. The molecule has 2 amide bonds.